The van der Waals surface area contributed by atoms with Crippen molar-refractivity contribution in [3.63, 3.8) is 0 Å². The first-order chi connectivity index (χ1) is 8.65. The van der Waals surface area contributed by atoms with Crippen molar-refractivity contribution in [2.24, 2.45) is 0 Å². The van der Waals surface area contributed by atoms with Crippen LogP contribution in [0.4, 0.5) is 0 Å². The molecular formula is C12H11NO5. The molecule has 1 heterocycles. The molecule has 0 saturated heterocycles. The average molecular weight is 249 g/mol. The van der Waals surface area contributed by atoms with Gasteiger partial charge in [0.15, 0.2) is 5.76 Å². The lowest BCUT2D eigenvalue weighted by molar-refractivity contribution is 0.0697. The molecule has 0 radical (unpaired) electrons. The Morgan fingerprint density at radius 1 is 1.22 bits per heavy atom. The van der Waals surface area contributed by atoms with Gasteiger partial charge in [0.2, 0.25) is 0 Å². The van der Waals surface area contributed by atoms with E-state index in [0.29, 0.717) is 17.1 Å². The average Bonchev–Trinajstić information content (AvgIpc) is 2.87. The number of hydrogen-bond donors (Lipinski definition) is 1. The van der Waals surface area contributed by atoms with Crippen LogP contribution in [-0.4, -0.2) is 30.5 Å². The van der Waals surface area contributed by atoms with Crippen LogP contribution in [0.2, 0.25) is 0 Å². The second-order valence-electron chi connectivity index (χ2n) is 3.48. The van der Waals surface area contributed by atoms with Gasteiger partial charge in [-0.05, 0) is 12.1 Å². The van der Waals surface area contributed by atoms with Gasteiger partial charge in [-0.3, -0.25) is 0 Å². The first-order valence-corrected chi connectivity index (χ1v) is 5.07. The number of benzene rings is 1. The third kappa shape index (κ3) is 2.13. The van der Waals surface area contributed by atoms with Gasteiger partial charge in [-0.15, -0.1) is 0 Å². The minimum Gasteiger partial charge on any atom is -0.497 e. The quantitative estimate of drug-likeness (QED) is 0.893. The van der Waals surface area contributed by atoms with Crippen LogP contribution in [0.3, 0.4) is 0 Å². The Morgan fingerprint density at radius 3 is 2.33 bits per heavy atom. The first kappa shape index (κ1) is 12.0. The summed E-state index contributed by atoms with van der Waals surface area (Å²) in [5, 5.41) is 12.5. The lowest BCUT2D eigenvalue weighted by atomic mass is 10.1. The molecule has 1 aromatic heterocycles. The molecule has 0 bridgehead atoms. The van der Waals surface area contributed by atoms with Crippen LogP contribution in [0.5, 0.6) is 11.5 Å². The number of hydrogen-bond acceptors (Lipinski definition) is 5. The number of carboxylic acid groups (broad SMARTS) is 1. The molecule has 0 aliphatic rings. The number of methoxy groups -OCH3 is 2. The maximum Gasteiger partial charge on any atom is 0.341 e. The number of ether oxygens (including phenoxy) is 2. The fraction of sp³-hybridized carbons (Fsp3) is 0.167. The third-order valence-electron chi connectivity index (χ3n) is 2.41. The maximum atomic E-state index is 11.0. The lowest BCUT2D eigenvalue weighted by Crippen LogP contribution is -1.96. The highest BCUT2D eigenvalue weighted by atomic mass is 16.5. The normalized spacial score (nSPS) is 10.1. The predicted molar refractivity (Wildman–Crippen MR) is 62.0 cm³/mol. The number of carbonyl (C=O) groups is 1. The molecular weight excluding hydrogens is 238 g/mol. The van der Waals surface area contributed by atoms with Crippen molar-refractivity contribution < 1.29 is 23.9 Å². The molecule has 0 amide bonds. The second kappa shape index (κ2) is 4.79. The summed E-state index contributed by atoms with van der Waals surface area (Å²) in [6, 6.07) is 4.98. The highest BCUT2D eigenvalue weighted by Gasteiger charge is 2.18. The molecule has 18 heavy (non-hydrogen) atoms. The Morgan fingerprint density at radius 2 is 1.83 bits per heavy atom. The Balaban J connectivity index is 2.55. The molecule has 2 rings (SSSR count). The molecule has 0 unspecified atom stereocenters. The maximum absolute atomic E-state index is 11.0. The fourth-order valence-electron chi connectivity index (χ4n) is 1.54. The Bertz CT molecular complexity index is 553. The van der Waals surface area contributed by atoms with Crippen molar-refractivity contribution >= 4 is 5.97 Å². The minimum absolute atomic E-state index is 0.00898. The van der Waals surface area contributed by atoms with Crippen LogP contribution in [0.25, 0.3) is 11.3 Å². The molecule has 0 fully saturated rings. The van der Waals surface area contributed by atoms with E-state index in [4.69, 9.17) is 19.1 Å². The summed E-state index contributed by atoms with van der Waals surface area (Å²) in [5.74, 6) is 0.141. The van der Waals surface area contributed by atoms with Gasteiger partial charge in [0.25, 0.3) is 0 Å². The van der Waals surface area contributed by atoms with Gasteiger partial charge in [-0.25, -0.2) is 4.79 Å². The van der Waals surface area contributed by atoms with Crippen LogP contribution in [0.1, 0.15) is 10.4 Å². The zero-order valence-corrected chi connectivity index (χ0v) is 9.84. The van der Waals surface area contributed by atoms with E-state index in [1.807, 2.05) is 0 Å². The Hall–Kier alpha value is -2.50. The number of rotatable bonds is 4. The molecule has 0 aliphatic heterocycles. The first-order valence-electron chi connectivity index (χ1n) is 5.07. The van der Waals surface area contributed by atoms with E-state index in [0.717, 1.165) is 6.20 Å². The molecule has 0 aliphatic carbocycles. The van der Waals surface area contributed by atoms with E-state index in [9.17, 15) is 4.79 Å². The van der Waals surface area contributed by atoms with Crippen molar-refractivity contribution in [2.45, 2.75) is 0 Å². The van der Waals surface area contributed by atoms with Crippen molar-refractivity contribution in [2.75, 3.05) is 14.2 Å². The monoisotopic (exact) mass is 249 g/mol. The van der Waals surface area contributed by atoms with E-state index >= 15 is 0 Å². The predicted octanol–water partition coefficient (Wildman–Crippen LogP) is 2.06. The topological polar surface area (TPSA) is 81.8 Å². The lowest BCUT2D eigenvalue weighted by Gasteiger charge is -2.06. The number of aromatic nitrogens is 1. The van der Waals surface area contributed by atoms with Crippen molar-refractivity contribution in [3.05, 3.63) is 30.0 Å². The molecule has 94 valence electrons. The van der Waals surface area contributed by atoms with Gasteiger partial charge in [-0.1, -0.05) is 5.16 Å². The van der Waals surface area contributed by atoms with Crippen LogP contribution in [-0.2, 0) is 0 Å². The van der Waals surface area contributed by atoms with E-state index in [2.05, 4.69) is 5.16 Å². The molecule has 1 aromatic carbocycles. The van der Waals surface area contributed by atoms with Gasteiger partial charge >= 0.3 is 5.97 Å². The van der Waals surface area contributed by atoms with Gasteiger partial charge in [-0.2, -0.15) is 0 Å². The zero-order chi connectivity index (χ0) is 13.1. The molecule has 6 heteroatoms. The van der Waals surface area contributed by atoms with Crippen LogP contribution < -0.4 is 9.47 Å². The summed E-state index contributed by atoms with van der Waals surface area (Å²) < 4.78 is 15.2. The minimum atomic E-state index is -1.10. The molecule has 0 saturated carbocycles. The van der Waals surface area contributed by atoms with E-state index < -0.39 is 5.97 Å². The summed E-state index contributed by atoms with van der Waals surface area (Å²) in [4.78, 5) is 11.0. The summed E-state index contributed by atoms with van der Waals surface area (Å²) in [5.41, 5.74) is 0.520. The molecule has 1 N–H and O–H groups in total. The third-order valence-corrected chi connectivity index (χ3v) is 2.41. The van der Waals surface area contributed by atoms with E-state index in [1.165, 1.54) is 14.2 Å². The Labute approximate surface area is 103 Å². The second-order valence-corrected chi connectivity index (χ2v) is 3.48. The summed E-state index contributed by atoms with van der Waals surface area (Å²) >= 11 is 0. The highest BCUT2D eigenvalue weighted by Crippen LogP contribution is 2.31. The van der Waals surface area contributed by atoms with Crippen LogP contribution in [0, 0.1) is 0 Å². The number of carboxylic acids is 1. The highest BCUT2D eigenvalue weighted by molar-refractivity contribution is 5.94. The van der Waals surface area contributed by atoms with Gasteiger partial charge in [0, 0.05) is 11.6 Å². The zero-order valence-electron chi connectivity index (χ0n) is 9.84. The van der Waals surface area contributed by atoms with Crippen molar-refractivity contribution in [3.8, 4) is 22.8 Å². The smallest absolute Gasteiger partial charge is 0.341 e. The van der Waals surface area contributed by atoms with E-state index in [1.54, 1.807) is 18.2 Å². The number of aromatic carboxylic acids is 1. The molecule has 2 aromatic rings. The van der Waals surface area contributed by atoms with Crippen LogP contribution in [0.15, 0.2) is 28.9 Å². The molecule has 0 atom stereocenters. The SMILES string of the molecule is COc1cc(OC)cc(-c2oncc2C(=O)O)c1. The standard InChI is InChI=1S/C12H11NO5/c1-16-8-3-7(4-9(5-8)17-2)11-10(12(14)15)6-13-18-11/h3-6H,1-2H3,(H,14,15). The molecule has 6 nitrogen and oxygen atoms in total. The fourth-order valence-corrected chi connectivity index (χ4v) is 1.54. The van der Waals surface area contributed by atoms with Gasteiger partial charge in [0.05, 0.1) is 20.4 Å². The Kier molecular flexibility index (Phi) is 3.18. The van der Waals surface area contributed by atoms with Crippen molar-refractivity contribution in [1.29, 1.82) is 0 Å². The van der Waals surface area contributed by atoms with Gasteiger partial charge in [0.1, 0.15) is 17.1 Å². The van der Waals surface area contributed by atoms with Crippen LogP contribution >= 0.6 is 0 Å². The van der Waals surface area contributed by atoms with Gasteiger partial charge < -0.3 is 19.1 Å². The summed E-state index contributed by atoms with van der Waals surface area (Å²) in [6.07, 6.45) is 1.16. The molecule has 0 spiro atoms. The summed E-state index contributed by atoms with van der Waals surface area (Å²) in [7, 11) is 3.02. The number of nitrogens with zero attached hydrogens (tertiary/aromatic N) is 1. The van der Waals surface area contributed by atoms with Crippen molar-refractivity contribution in [1.82, 2.24) is 5.16 Å². The van der Waals surface area contributed by atoms with E-state index in [-0.39, 0.29) is 11.3 Å². The summed E-state index contributed by atoms with van der Waals surface area (Å²) in [6.45, 7) is 0. The largest absolute Gasteiger partial charge is 0.497 e.